The summed E-state index contributed by atoms with van der Waals surface area (Å²) in [5.74, 6) is -4.04. The van der Waals surface area contributed by atoms with Gasteiger partial charge in [-0.2, -0.15) is 0 Å². The highest BCUT2D eigenvalue weighted by Gasteiger charge is 2.55. The second-order valence-corrected chi connectivity index (χ2v) is 12.3. The fourth-order valence-electron chi connectivity index (χ4n) is 6.19. The van der Waals surface area contributed by atoms with Gasteiger partial charge in [0.25, 0.3) is 5.91 Å². The summed E-state index contributed by atoms with van der Waals surface area (Å²) in [7, 11) is 0. The zero-order chi connectivity index (χ0) is 36.6. The van der Waals surface area contributed by atoms with Crippen molar-refractivity contribution in [3.8, 4) is 0 Å². The smallest absolute Gasteiger partial charge is 0.417 e. The lowest BCUT2D eigenvalue weighted by molar-refractivity contribution is -0.169. The highest BCUT2D eigenvalue weighted by Crippen LogP contribution is 2.36. The molecule has 3 atom stereocenters. The molecule has 2 N–H and O–H groups in total. The van der Waals surface area contributed by atoms with Crippen LogP contribution in [0.15, 0.2) is 116 Å². The molecule has 1 fully saturated rings. The highest BCUT2D eigenvalue weighted by molar-refractivity contribution is 6.03. The van der Waals surface area contributed by atoms with Gasteiger partial charge in [-0.3, -0.25) is 14.4 Å². The Bertz CT molecular complexity index is 1650. The lowest BCUT2D eigenvalue weighted by Gasteiger charge is -2.42. The molecule has 11 heteroatoms. The van der Waals surface area contributed by atoms with Crippen molar-refractivity contribution in [1.82, 2.24) is 9.80 Å². The maximum absolute atomic E-state index is 14.8. The summed E-state index contributed by atoms with van der Waals surface area (Å²) in [6.45, 7) is 7.08. The van der Waals surface area contributed by atoms with Crippen molar-refractivity contribution < 1.29 is 38.2 Å². The van der Waals surface area contributed by atoms with E-state index in [-0.39, 0.29) is 52.2 Å². The van der Waals surface area contributed by atoms with Crippen LogP contribution >= 0.6 is 0 Å². The molecular weight excluding hydrogens is 650 g/mol. The quantitative estimate of drug-likeness (QED) is 0.110. The molecule has 0 saturated carbocycles. The first-order valence-electron chi connectivity index (χ1n) is 16.9. The number of rotatable bonds is 17. The minimum absolute atomic E-state index is 0.0414. The second-order valence-electron chi connectivity index (χ2n) is 12.3. The zero-order valence-electron chi connectivity index (χ0n) is 28.7. The molecule has 0 spiro atoms. The highest BCUT2D eigenvalue weighted by atomic mass is 16.6. The standard InChI is InChI=1S/C40H45N3O8/c1-3-15-33(37(46)49-27-30-16-8-5-9-17-30)25-40(23-4-2,38(47)50-28-31-18-10-6-11-19-31)43(39(48)51-29-32-20-12-7-13-21-32)36(45)34-22-14-24-42(34)35(44)26-41/h3-13,16-21,33-34H,1-2,14-15,22-29,41H2/t33-,34+,40+/m1/s1. The van der Waals surface area contributed by atoms with Gasteiger partial charge in [-0.25, -0.2) is 14.5 Å². The van der Waals surface area contributed by atoms with E-state index in [2.05, 4.69) is 13.2 Å². The molecule has 268 valence electrons. The Morgan fingerprint density at radius 2 is 1.33 bits per heavy atom. The Balaban J connectivity index is 1.81. The average Bonchev–Trinajstić information content (AvgIpc) is 3.66. The van der Waals surface area contributed by atoms with Crippen molar-refractivity contribution in [1.29, 1.82) is 0 Å². The van der Waals surface area contributed by atoms with Gasteiger partial charge >= 0.3 is 18.0 Å². The molecule has 0 radical (unpaired) electrons. The van der Waals surface area contributed by atoms with Gasteiger partial charge < -0.3 is 24.8 Å². The molecule has 3 amide bonds. The third-order valence-corrected chi connectivity index (χ3v) is 8.74. The lowest BCUT2D eigenvalue weighted by atomic mass is 9.81. The molecular formula is C40H45N3O8. The molecule has 0 bridgehead atoms. The van der Waals surface area contributed by atoms with Gasteiger partial charge in [-0.15, -0.1) is 13.2 Å². The number of allylic oxidation sites excluding steroid dienone is 1. The monoisotopic (exact) mass is 695 g/mol. The van der Waals surface area contributed by atoms with E-state index in [4.69, 9.17) is 19.9 Å². The number of likely N-dealkylation sites (tertiary alicyclic amines) is 1. The number of nitrogens with zero attached hydrogens (tertiary/aromatic N) is 2. The van der Waals surface area contributed by atoms with Crippen LogP contribution in [0.4, 0.5) is 4.79 Å². The third-order valence-electron chi connectivity index (χ3n) is 8.74. The topological polar surface area (TPSA) is 146 Å². The lowest BCUT2D eigenvalue weighted by Crippen LogP contribution is -2.64. The number of carbonyl (C=O) groups is 5. The second kappa shape index (κ2) is 19.0. The van der Waals surface area contributed by atoms with E-state index in [0.29, 0.717) is 17.5 Å². The van der Waals surface area contributed by atoms with Gasteiger partial charge in [0.15, 0.2) is 5.54 Å². The van der Waals surface area contributed by atoms with Crippen LogP contribution in [-0.2, 0) is 53.2 Å². The maximum Gasteiger partial charge on any atom is 0.417 e. The number of carbonyl (C=O) groups excluding carboxylic acids is 5. The molecule has 1 heterocycles. The van der Waals surface area contributed by atoms with Crippen molar-refractivity contribution in [2.45, 2.75) is 63.5 Å². The molecule has 0 aliphatic carbocycles. The number of benzene rings is 3. The van der Waals surface area contributed by atoms with Gasteiger partial charge in [-0.05, 0) is 48.8 Å². The predicted molar refractivity (Wildman–Crippen MR) is 190 cm³/mol. The van der Waals surface area contributed by atoms with E-state index in [1.807, 2.05) is 24.3 Å². The predicted octanol–water partition coefficient (Wildman–Crippen LogP) is 5.49. The average molecular weight is 696 g/mol. The summed E-state index contributed by atoms with van der Waals surface area (Å²) in [4.78, 5) is 72.4. The van der Waals surface area contributed by atoms with Gasteiger partial charge in [0.1, 0.15) is 25.9 Å². The first kappa shape index (κ1) is 38.3. The van der Waals surface area contributed by atoms with Crippen molar-refractivity contribution in [3.05, 3.63) is 133 Å². The number of esters is 2. The van der Waals surface area contributed by atoms with Gasteiger partial charge in [0, 0.05) is 6.54 Å². The third kappa shape index (κ3) is 10.0. The molecule has 51 heavy (non-hydrogen) atoms. The molecule has 1 saturated heterocycles. The fraction of sp³-hybridized carbons (Fsp3) is 0.325. The van der Waals surface area contributed by atoms with E-state index >= 15 is 0 Å². The summed E-state index contributed by atoms with van der Waals surface area (Å²) in [5, 5.41) is 0. The molecule has 3 aromatic rings. The molecule has 3 aromatic carbocycles. The van der Waals surface area contributed by atoms with Crippen molar-refractivity contribution in [2.24, 2.45) is 11.7 Å². The number of imide groups is 1. The van der Waals surface area contributed by atoms with Crippen LogP contribution in [0, 0.1) is 5.92 Å². The summed E-state index contributed by atoms with van der Waals surface area (Å²) in [6, 6.07) is 25.7. The summed E-state index contributed by atoms with van der Waals surface area (Å²) >= 11 is 0. The zero-order valence-corrected chi connectivity index (χ0v) is 28.7. The first-order chi connectivity index (χ1) is 24.7. The number of hydrogen-bond acceptors (Lipinski definition) is 9. The summed E-state index contributed by atoms with van der Waals surface area (Å²) in [5.41, 5.74) is 5.57. The van der Waals surface area contributed by atoms with Crippen molar-refractivity contribution >= 4 is 29.8 Å². The van der Waals surface area contributed by atoms with E-state index in [0.717, 1.165) is 10.5 Å². The Kier molecular flexibility index (Phi) is 14.3. The minimum Gasteiger partial charge on any atom is -0.461 e. The van der Waals surface area contributed by atoms with Gasteiger partial charge in [-0.1, -0.05) is 103 Å². The summed E-state index contributed by atoms with van der Waals surface area (Å²) in [6.07, 6.45) is 1.75. The minimum atomic E-state index is -2.15. The van der Waals surface area contributed by atoms with Crippen LogP contribution in [-0.4, -0.2) is 64.3 Å². The maximum atomic E-state index is 14.8. The van der Waals surface area contributed by atoms with Crippen LogP contribution in [0.2, 0.25) is 0 Å². The Morgan fingerprint density at radius 1 is 0.804 bits per heavy atom. The number of amides is 3. The Hall–Kier alpha value is -5.55. The van der Waals surface area contributed by atoms with Crippen LogP contribution in [0.3, 0.4) is 0 Å². The molecule has 4 rings (SSSR count). The van der Waals surface area contributed by atoms with E-state index < -0.39 is 53.8 Å². The van der Waals surface area contributed by atoms with E-state index in [9.17, 15) is 24.0 Å². The van der Waals surface area contributed by atoms with Gasteiger partial charge in [0.2, 0.25) is 5.91 Å². The van der Waals surface area contributed by atoms with Crippen LogP contribution < -0.4 is 5.73 Å². The SMILES string of the molecule is C=CC[C@H](C[C@@](CC=C)(C(=O)OCc1ccccc1)N(C(=O)OCc1ccccc1)C(=O)[C@@H]1CCCN1C(=O)CN)C(=O)OCc1ccccc1. The molecule has 11 nitrogen and oxygen atoms in total. The largest absolute Gasteiger partial charge is 0.461 e. The molecule has 0 unspecified atom stereocenters. The van der Waals surface area contributed by atoms with E-state index in [1.165, 1.54) is 17.1 Å². The van der Waals surface area contributed by atoms with E-state index in [1.54, 1.807) is 66.7 Å². The molecule has 1 aliphatic heterocycles. The van der Waals surface area contributed by atoms with Crippen LogP contribution in [0.1, 0.15) is 48.8 Å². The number of ether oxygens (including phenoxy) is 3. The number of hydrogen-bond donors (Lipinski definition) is 1. The fourth-order valence-corrected chi connectivity index (χ4v) is 6.19. The van der Waals surface area contributed by atoms with Gasteiger partial charge in [0.05, 0.1) is 12.5 Å². The Labute approximate surface area is 298 Å². The number of nitrogens with two attached hydrogens (primary N) is 1. The molecule has 1 aliphatic rings. The Morgan fingerprint density at radius 3 is 1.84 bits per heavy atom. The summed E-state index contributed by atoms with van der Waals surface area (Å²) < 4.78 is 17.3. The van der Waals surface area contributed by atoms with Crippen LogP contribution in [0.5, 0.6) is 0 Å². The first-order valence-corrected chi connectivity index (χ1v) is 16.9. The normalized spacial score (nSPS) is 15.5. The van der Waals surface area contributed by atoms with Crippen LogP contribution in [0.25, 0.3) is 0 Å². The van der Waals surface area contributed by atoms with Crippen molar-refractivity contribution in [2.75, 3.05) is 13.1 Å². The molecule has 0 aromatic heterocycles. The van der Waals surface area contributed by atoms with Crippen molar-refractivity contribution in [3.63, 3.8) is 0 Å².